The van der Waals surface area contributed by atoms with Gasteiger partial charge in [-0.3, -0.25) is 4.79 Å². The first kappa shape index (κ1) is 11.7. The summed E-state index contributed by atoms with van der Waals surface area (Å²) in [6.45, 7) is 1.68. The van der Waals surface area contributed by atoms with Gasteiger partial charge in [-0.15, -0.1) is 0 Å². The summed E-state index contributed by atoms with van der Waals surface area (Å²) in [5, 5.41) is 8.57. The van der Waals surface area contributed by atoms with E-state index in [1.54, 1.807) is 19.1 Å². The Bertz CT molecular complexity index is 366. The van der Waals surface area contributed by atoms with Gasteiger partial charge in [0.25, 0.3) is 0 Å². The highest BCUT2D eigenvalue weighted by Crippen LogP contribution is 2.11. The number of rotatable bonds is 4. The van der Waals surface area contributed by atoms with Gasteiger partial charge in [-0.2, -0.15) is 0 Å². The molecule has 0 saturated carbocycles. The number of halogens is 1. The Kier molecular flexibility index (Phi) is 3.80. The molecule has 0 radical (unpaired) electrons. The first-order valence-corrected chi connectivity index (χ1v) is 4.74. The molecule has 3 nitrogen and oxygen atoms in total. The molecule has 82 valence electrons. The third-order valence-corrected chi connectivity index (χ3v) is 2.28. The largest absolute Gasteiger partial charge is 0.480 e. The quantitative estimate of drug-likeness (QED) is 0.792. The molecule has 0 heterocycles. The van der Waals surface area contributed by atoms with Crippen LogP contribution in [0.5, 0.6) is 0 Å². The van der Waals surface area contributed by atoms with E-state index < -0.39 is 12.0 Å². The minimum absolute atomic E-state index is 0.249. The zero-order valence-electron chi connectivity index (χ0n) is 8.53. The maximum atomic E-state index is 12.9. The average molecular weight is 211 g/mol. The highest BCUT2D eigenvalue weighted by Gasteiger charge is 2.11. The second kappa shape index (κ2) is 4.89. The maximum Gasteiger partial charge on any atom is 0.320 e. The molecule has 3 N–H and O–H groups in total. The smallest absolute Gasteiger partial charge is 0.320 e. The second-order valence-corrected chi connectivity index (χ2v) is 3.57. The molecule has 0 saturated heterocycles. The molecule has 4 heteroatoms. The van der Waals surface area contributed by atoms with Gasteiger partial charge in [0.15, 0.2) is 0 Å². The Hall–Kier alpha value is -1.42. The lowest BCUT2D eigenvalue weighted by atomic mass is 10.0. The normalized spacial score (nSPS) is 12.5. The topological polar surface area (TPSA) is 63.3 Å². The molecule has 0 aliphatic heterocycles. The lowest BCUT2D eigenvalue weighted by molar-refractivity contribution is -0.138. The van der Waals surface area contributed by atoms with Crippen molar-refractivity contribution >= 4 is 5.97 Å². The Morgan fingerprint density at radius 3 is 2.80 bits per heavy atom. The Labute approximate surface area is 87.7 Å². The van der Waals surface area contributed by atoms with Crippen molar-refractivity contribution < 1.29 is 14.3 Å². The van der Waals surface area contributed by atoms with Gasteiger partial charge in [-0.25, -0.2) is 4.39 Å². The van der Waals surface area contributed by atoms with Crippen LogP contribution in [0.1, 0.15) is 17.5 Å². The Morgan fingerprint density at radius 1 is 1.60 bits per heavy atom. The fraction of sp³-hybridized carbons (Fsp3) is 0.364. The van der Waals surface area contributed by atoms with E-state index in [4.69, 9.17) is 10.8 Å². The summed E-state index contributed by atoms with van der Waals surface area (Å²) >= 11 is 0. The van der Waals surface area contributed by atoms with Crippen LogP contribution < -0.4 is 5.73 Å². The van der Waals surface area contributed by atoms with Crippen molar-refractivity contribution in [2.45, 2.75) is 25.8 Å². The van der Waals surface area contributed by atoms with Crippen LogP contribution >= 0.6 is 0 Å². The predicted molar refractivity (Wildman–Crippen MR) is 55.1 cm³/mol. The summed E-state index contributed by atoms with van der Waals surface area (Å²) in [5.74, 6) is -1.25. The van der Waals surface area contributed by atoms with Crippen molar-refractivity contribution in [3.05, 3.63) is 35.1 Å². The van der Waals surface area contributed by atoms with E-state index in [2.05, 4.69) is 0 Å². The van der Waals surface area contributed by atoms with Crippen LogP contribution in [-0.4, -0.2) is 17.1 Å². The highest BCUT2D eigenvalue weighted by atomic mass is 19.1. The maximum absolute atomic E-state index is 12.9. The van der Waals surface area contributed by atoms with Gasteiger partial charge >= 0.3 is 5.97 Å². The van der Waals surface area contributed by atoms with Crippen LogP contribution in [0.25, 0.3) is 0 Å². The summed E-state index contributed by atoms with van der Waals surface area (Å²) in [4.78, 5) is 10.5. The van der Waals surface area contributed by atoms with E-state index in [0.29, 0.717) is 18.4 Å². The molecule has 0 aromatic heterocycles. The number of nitrogens with two attached hydrogens (primary N) is 1. The molecule has 0 aliphatic carbocycles. The first-order chi connectivity index (χ1) is 7.00. The van der Waals surface area contributed by atoms with Gasteiger partial charge in [0, 0.05) is 0 Å². The molecule has 0 amide bonds. The summed E-state index contributed by atoms with van der Waals surface area (Å²) < 4.78 is 12.9. The molecule has 1 unspecified atom stereocenters. The number of hydrogen-bond acceptors (Lipinski definition) is 2. The van der Waals surface area contributed by atoms with E-state index in [1.165, 1.54) is 6.07 Å². The van der Waals surface area contributed by atoms with Gasteiger partial charge in [0.1, 0.15) is 11.9 Å². The Balaban J connectivity index is 2.58. The predicted octanol–water partition coefficient (Wildman–Crippen LogP) is 1.48. The first-order valence-electron chi connectivity index (χ1n) is 4.74. The van der Waals surface area contributed by atoms with E-state index in [1.807, 2.05) is 0 Å². The van der Waals surface area contributed by atoms with Crippen LogP contribution in [0.3, 0.4) is 0 Å². The van der Waals surface area contributed by atoms with E-state index in [9.17, 15) is 9.18 Å². The Morgan fingerprint density at radius 2 is 2.27 bits per heavy atom. The number of aryl methyl sites for hydroxylation is 2. The van der Waals surface area contributed by atoms with Crippen molar-refractivity contribution in [3.63, 3.8) is 0 Å². The van der Waals surface area contributed by atoms with Crippen LogP contribution in [0.2, 0.25) is 0 Å². The van der Waals surface area contributed by atoms with Crippen molar-refractivity contribution in [3.8, 4) is 0 Å². The van der Waals surface area contributed by atoms with E-state index in [-0.39, 0.29) is 5.82 Å². The highest BCUT2D eigenvalue weighted by molar-refractivity contribution is 5.73. The second-order valence-electron chi connectivity index (χ2n) is 3.57. The van der Waals surface area contributed by atoms with Crippen LogP contribution in [0.15, 0.2) is 18.2 Å². The summed E-state index contributed by atoms with van der Waals surface area (Å²) in [6, 6.07) is 3.90. The molecule has 15 heavy (non-hydrogen) atoms. The molecule has 0 aliphatic rings. The number of benzene rings is 1. The zero-order valence-corrected chi connectivity index (χ0v) is 8.53. The fourth-order valence-electron chi connectivity index (χ4n) is 1.31. The molecule has 1 rings (SSSR count). The molecule has 1 aromatic rings. The van der Waals surface area contributed by atoms with Crippen LogP contribution in [-0.2, 0) is 11.2 Å². The minimum atomic E-state index is -1.01. The van der Waals surface area contributed by atoms with Crippen LogP contribution in [0.4, 0.5) is 4.39 Å². The molecule has 0 spiro atoms. The van der Waals surface area contributed by atoms with E-state index in [0.717, 1.165) is 5.56 Å². The fourth-order valence-corrected chi connectivity index (χ4v) is 1.31. The number of carboxylic acids is 1. The molecule has 1 aromatic carbocycles. The lowest BCUT2D eigenvalue weighted by Gasteiger charge is -2.06. The standard InChI is InChI=1S/C11H14FNO2/c1-7-6-8(2-4-9(7)12)3-5-10(13)11(14)15/h2,4,6,10H,3,5,13H2,1H3,(H,14,15). The SMILES string of the molecule is Cc1cc(CCC(N)C(=O)O)ccc1F. The number of carboxylic acid groups (broad SMARTS) is 1. The van der Waals surface area contributed by atoms with Crippen molar-refractivity contribution in [1.29, 1.82) is 0 Å². The minimum Gasteiger partial charge on any atom is -0.480 e. The van der Waals surface area contributed by atoms with Gasteiger partial charge in [0.2, 0.25) is 0 Å². The van der Waals surface area contributed by atoms with Crippen molar-refractivity contribution in [1.82, 2.24) is 0 Å². The summed E-state index contributed by atoms with van der Waals surface area (Å²) in [5.41, 5.74) is 6.83. The molecular formula is C11H14FNO2. The number of carbonyl (C=O) groups is 1. The van der Waals surface area contributed by atoms with Crippen molar-refractivity contribution in [2.24, 2.45) is 5.73 Å². The van der Waals surface area contributed by atoms with Crippen LogP contribution in [0, 0.1) is 12.7 Å². The van der Waals surface area contributed by atoms with Gasteiger partial charge in [-0.05, 0) is 37.0 Å². The van der Waals surface area contributed by atoms with Gasteiger partial charge in [0.05, 0.1) is 0 Å². The summed E-state index contributed by atoms with van der Waals surface area (Å²) in [6.07, 6.45) is 0.912. The molecular weight excluding hydrogens is 197 g/mol. The molecule has 1 atom stereocenters. The van der Waals surface area contributed by atoms with Gasteiger partial charge in [-0.1, -0.05) is 12.1 Å². The summed E-state index contributed by atoms with van der Waals surface area (Å²) in [7, 11) is 0. The molecule has 0 bridgehead atoms. The monoisotopic (exact) mass is 211 g/mol. The number of aliphatic carboxylic acids is 1. The van der Waals surface area contributed by atoms with Crippen molar-refractivity contribution in [2.75, 3.05) is 0 Å². The average Bonchev–Trinajstić information content (AvgIpc) is 2.19. The third kappa shape index (κ3) is 3.32. The third-order valence-electron chi connectivity index (χ3n) is 2.28. The van der Waals surface area contributed by atoms with E-state index >= 15 is 0 Å². The number of hydrogen-bond donors (Lipinski definition) is 2. The zero-order chi connectivity index (χ0) is 11.4. The lowest BCUT2D eigenvalue weighted by Crippen LogP contribution is -2.30. The van der Waals surface area contributed by atoms with Gasteiger partial charge < -0.3 is 10.8 Å². The molecule has 0 fully saturated rings.